The maximum absolute atomic E-state index is 5.72. The number of hydrogen-bond acceptors (Lipinski definition) is 7. The Balaban J connectivity index is 1.90. The molecule has 0 amide bonds. The van der Waals surface area contributed by atoms with Gasteiger partial charge in [-0.15, -0.1) is 0 Å². The fraction of sp³-hybridized carbons (Fsp3) is 0.500. The van der Waals surface area contributed by atoms with Gasteiger partial charge in [-0.1, -0.05) is 0 Å². The number of anilines is 2. The Morgan fingerprint density at radius 1 is 1.56 bits per heavy atom. The second-order valence-corrected chi connectivity index (χ2v) is 4.44. The third-order valence-electron chi connectivity index (χ3n) is 2.24. The van der Waals surface area contributed by atoms with Gasteiger partial charge in [0.2, 0.25) is 0 Å². The van der Waals surface area contributed by atoms with Crippen LogP contribution in [0.2, 0.25) is 0 Å². The molecule has 2 aromatic rings. The van der Waals surface area contributed by atoms with Crippen LogP contribution in [0.1, 0.15) is 12.7 Å². The molecule has 8 heteroatoms. The zero-order valence-electron chi connectivity index (χ0n) is 10.4. The Morgan fingerprint density at radius 3 is 3.06 bits per heavy atom. The lowest BCUT2D eigenvalue weighted by atomic mass is 10.4. The highest BCUT2D eigenvalue weighted by Gasteiger charge is 2.12. The van der Waals surface area contributed by atoms with E-state index in [0.29, 0.717) is 24.7 Å². The van der Waals surface area contributed by atoms with Crippen molar-refractivity contribution in [2.24, 2.45) is 7.05 Å². The predicted octanol–water partition coefficient (Wildman–Crippen LogP) is 0.907. The van der Waals surface area contributed by atoms with Crippen molar-refractivity contribution in [1.82, 2.24) is 19.1 Å². The van der Waals surface area contributed by atoms with E-state index in [4.69, 9.17) is 10.5 Å². The number of ether oxygens (including phenoxy) is 1. The Morgan fingerprint density at radius 2 is 2.39 bits per heavy atom. The molecule has 0 aliphatic heterocycles. The first-order valence-electron chi connectivity index (χ1n) is 5.67. The summed E-state index contributed by atoms with van der Waals surface area (Å²) >= 11 is 1.30. The third-order valence-corrected chi connectivity index (χ3v) is 3.04. The first-order chi connectivity index (χ1) is 8.70. The van der Waals surface area contributed by atoms with Gasteiger partial charge in [0, 0.05) is 20.0 Å². The van der Waals surface area contributed by atoms with Crippen molar-refractivity contribution in [2.75, 3.05) is 24.2 Å². The maximum Gasteiger partial charge on any atom is 0.197 e. The van der Waals surface area contributed by atoms with Crippen LogP contribution in [0.5, 0.6) is 5.75 Å². The van der Waals surface area contributed by atoms with E-state index >= 15 is 0 Å². The number of hydrogen-bond donors (Lipinski definition) is 2. The number of aromatic nitrogens is 4. The molecule has 2 rings (SSSR count). The highest BCUT2D eigenvalue weighted by molar-refractivity contribution is 7.11. The molecule has 2 aromatic heterocycles. The molecule has 0 aromatic carbocycles. The molecule has 0 fully saturated rings. The molecule has 0 atom stereocenters. The molecule has 2 heterocycles. The van der Waals surface area contributed by atoms with Crippen LogP contribution in [-0.2, 0) is 13.5 Å². The van der Waals surface area contributed by atoms with Gasteiger partial charge in [0.05, 0.1) is 6.61 Å². The third kappa shape index (κ3) is 2.89. The number of nitrogens with one attached hydrogen (secondary N) is 1. The minimum atomic E-state index is 0.431. The van der Waals surface area contributed by atoms with Crippen LogP contribution in [0, 0.1) is 0 Å². The fourth-order valence-electron chi connectivity index (χ4n) is 1.48. The van der Waals surface area contributed by atoms with E-state index in [9.17, 15) is 0 Å². The van der Waals surface area contributed by atoms with Gasteiger partial charge in [-0.05, 0) is 18.5 Å². The Labute approximate surface area is 109 Å². The number of nitrogen functional groups attached to an aromatic ring is 1. The number of nitrogens with zero attached hydrogens (tertiary/aromatic N) is 4. The molecular formula is C10H16N6OS. The second kappa shape index (κ2) is 5.67. The van der Waals surface area contributed by atoms with E-state index in [-0.39, 0.29) is 0 Å². The van der Waals surface area contributed by atoms with Gasteiger partial charge in [-0.25, -0.2) is 4.98 Å². The van der Waals surface area contributed by atoms with Gasteiger partial charge in [0.25, 0.3) is 0 Å². The quantitative estimate of drug-likeness (QED) is 0.809. The molecule has 98 valence electrons. The van der Waals surface area contributed by atoms with Crippen molar-refractivity contribution < 1.29 is 4.74 Å². The monoisotopic (exact) mass is 268 g/mol. The summed E-state index contributed by atoms with van der Waals surface area (Å²) in [5, 5.41) is 8.29. The van der Waals surface area contributed by atoms with Gasteiger partial charge < -0.3 is 15.8 Å². The molecule has 0 aliphatic rings. The molecular weight excluding hydrogens is 252 g/mol. The van der Waals surface area contributed by atoms with Crippen LogP contribution in [0.3, 0.4) is 0 Å². The molecule has 18 heavy (non-hydrogen) atoms. The van der Waals surface area contributed by atoms with E-state index in [1.165, 1.54) is 11.5 Å². The van der Waals surface area contributed by atoms with Crippen molar-refractivity contribution >= 4 is 22.4 Å². The largest absolute Gasteiger partial charge is 0.487 e. The highest BCUT2D eigenvalue weighted by Crippen LogP contribution is 2.34. The fourth-order valence-corrected chi connectivity index (χ4v) is 2.16. The molecule has 3 N–H and O–H groups in total. The zero-order chi connectivity index (χ0) is 13.0. The average molecular weight is 268 g/mol. The summed E-state index contributed by atoms with van der Waals surface area (Å²) in [7, 11) is 1.85. The summed E-state index contributed by atoms with van der Waals surface area (Å²) in [6.07, 6.45) is 2.43. The van der Waals surface area contributed by atoms with E-state index in [1.807, 2.05) is 14.0 Å². The number of rotatable bonds is 6. The van der Waals surface area contributed by atoms with Crippen molar-refractivity contribution in [2.45, 2.75) is 13.3 Å². The van der Waals surface area contributed by atoms with Crippen LogP contribution in [-0.4, -0.2) is 32.3 Å². The first-order valence-corrected chi connectivity index (χ1v) is 6.44. The SMILES string of the molecule is CCOc1c(N)nsc1NCCc1ncn(C)n1. The number of nitrogens with two attached hydrogens (primary N) is 1. The summed E-state index contributed by atoms with van der Waals surface area (Å²) in [4.78, 5) is 4.15. The van der Waals surface area contributed by atoms with E-state index in [1.54, 1.807) is 11.0 Å². The summed E-state index contributed by atoms with van der Waals surface area (Å²) < 4.78 is 11.2. The van der Waals surface area contributed by atoms with Crippen molar-refractivity contribution in [3.05, 3.63) is 12.2 Å². The summed E-state index contributed by atoms with van der Waals surface area (Å²) in [6, 6.07) is 0. The molecule has 0 aliphatic carbocycles. The topological polar surface area (TPSA) is 90.9 Å². The Bertz CT molecular complexity index is 508. The van der Waals surface area contributed by atoms with Crippen molar-refractivity contribution in [3.8, 4) is 5.75 Å². The van der Waals surface area contributed by atoms with Crippen LogP contribution >= 0.6 is 11.5 Å². The van der Waals surface area contributed by atoms with E-state index in [0.717, 1.165) is 17.2 Å². The van der Waals surface area contributed by atoms with Crippen LogP contribution in [0.4, 0.5) is 10.8 Å². The van der Waals surface area contributed by atoms with Gasteiger partial charge in [-0.3, -0.25) is 4.68 Å². The molecule has 0 radical (unpaired) electrons. The van der Waals surface area contributed by atoms with Gasteiger partial charge in [0.1, 0.15) is 6.33 Å². The van der Waals surface area contributed by atoms with Gasteiger partial charge in [0.15, 0.2) is 22.4 Å². The van der Waals surface area contributed by atoms with Crippen molar-refractivity contribution in [3.63, 3.8) is 0 Å². The molecule has 0 saturated heterocycles. The summed E-state index contributed by atoms with van der Waals surface area (Å²) in [5.74, 6) is 1.87. The molecule has 0 bridgehead atoms. The average Bonchev–Trinajstić information content (AvgIpc) is 2.90. The second-order valence-electron chi connectivity index (χ2n) is 3.67. The predicted molar refractivity (Wildman–Crippen MR) is 70.9 cm³/mol. The molecule has 0 saturated carbocycles. The lowest BCUT2D eigenvalue weighted by Gasteiger charge is -2.06. The van der Waals surface area contributed by atoms with E-state index in [2.05, 4.69) is 19.8 Å². The van der Waals surface area contributed by atoms with Crippen molar-refractivity contribution in [1.29, 1.82) is 0 Å². The highest BCUT2D eigenvalue weighted by atomic mass is 32.1. The normalized spacial score (nSPS) is 10.6. The van der Waals surface area contributed by atoms with Crippen LogP contribution in [0.25, 0.3) is 0 Å². The molecule has 0 unspecified atom stereocenters. The lowest BCUT2D eigenvalue weighted by molar-refractivity contribution is 0.344. The van der Waals surface area contributed by atoms with Gasteiger partial charge >= 0.3 is 0 Å². The Kier molecular flexibility index (Phi) is 3.98. The summed E-state index contributed by atoms with van der Waals surface area (Å²) in [6.45, 7) is 3.20. The minimum Gasteiger partial charge on any atom is -0.487 e. The van der Waals surface area contributed by atoms with Crippen LogP contribution < -0.4 is 15.8 Å². The number of aryl methyl sites for hydroxylation is 1. The first kappa shape index (κ1) is 12.6. The molecule has 7 nitrogen and oxygen atoms in total. The summed E-state index contributed by atoms with van der Waals surface area (Å²) in [5.41, 5.74) is 5.72. The smallest absolute Gasteiger partial charge is 0.197 e. The Hall–Kier alpha value is -1.83. The zero-order valence-corrected chi connectivity index (χ0v) is 11.2. The van der Waals surface area contributed by atoms with Gasteiger partial charge in [-0.2, -0.15) is 9.47 Å². The van der Waals surface area contributed by atoms with E-state index < -0.39 is 0 Å². The minimum absolute atomic E-state index is 0.431. The maximum atomic E-state index is 5.72. The standard InChI is InChI=1S/C10H16N6OS/c1-3-17-8-9(11)15-18-10(8)12-5-4-7-13-6-16(2)14-7/h6,12H,3-5H2,1-2H3,(H2,11,15). The molecule has 0 spiro atoms. The lowest BCUT2D eigenvalue weighted by Crippen LogP contribution is -2.07. The van der Waals surface area contributed by atoms with Crippen LogP contribution in [0.15, 0.2) is 6.33 Å².